The monoisotopic (exact) mass is 226 g/mol. The predicted molar refractivity (Wildman–Crippen MR) is 61.0 cm³/mol. The van der Waals surface area contributed by atoms with Gasteiger partial charge in [0.1, 0.15) is 0 Å². The molecule has 0 heterocycles. The molecule has 0 aliphatic heterocycles. The van der Waals surface area contributed by atoms with Gasteiger partial charge in [0.15, 0.2) is 0 Å². The van der Waals surface area contributed by atoms with Gasteiger partial charge in [-0.25, -0.2) is 8.42 Å². The Morgan fingerprint density at radius 1 is 1.40 bits per heavy atom. The lowest BCUT2D eigenvalue weighted by Gasteiger charge is -2.13. The lowest BCUT2D eigenvalue weighted by molar-refractivity contribution is 0.587. The van der Waals surface area contributed by atoms with Crippen molar-refractivity contribution in [2.75, 3.05) is 10.5 Å². The molecule has 0 aromatic heterocycles. The lowest BCUT2D eigenvalue weighted by atomic mass is 10.3. The van der Waals surface area contributed by atoms with Crippen molar-refractivity contribution in [2.45, 2.75) is 24.5 Å². The number of anilines is 2. The van der Waals surface area contributed by atoms with E-state index in [4.69, 9.17) is 5.73 Å². The van der Waals surface area contributed by atoms with E-state index in [1.165, 1.54) is 0 Å². The standard InChI is InChI=1S/C10H14N2O2S/c1-10(5-6-10)15(13,14)12-9-4-2-3-8(11)7-9/h2-4,7,12H,5-6,11H2,1H3. The molecule has 1 aromatic rings. The van der Waals surface area contributed by atoms with Crippen LogP contribution in [-0.4, -0.2) is 13.2 Å². The molecule has 5 heteroatoms. The van der Waals surface area contributed by atoms with Crippen LogP contribution in [0.3, 0.4) is 0 Å². The second kappa shape index (κ2) is 3.13. The van der Waals surface area contributed by atoms with Crippen molar-refractivity contribution in [3.05, 3.63) is 24.3 Å². The third kappa shape index (κ3) is 1.92. The highest BCUT2D eigenvalue weighted by molar-refractivity contribution is 7.94. The Kier molecular flexibility index (Phi) is 2.15. The van der Waals surface area contributed by atoms with E-state index in [9.17, 15) is 8.42 Å². The number of rotatable bonds is 3. The van der Waals surface area contributed by atoms with Gasteiger partial charge in [0.05, 0.1) is 10.4 Å². The smallest absolute Gasteiger partial charge is 0.238 e. The highest BCUT2D eigenvalue weighted by atomic mass is 32.2. The largest absolute Gasteiger partial charge is 0.399 e. The SMILES string of the molecule is CC1(S(=O)(=O)Nc2cccc(N)c2)CC1. The summed E-state index contributed by atoms with van der Waals surface area (Å²) in [5.41, 5.74) is 6.65. The van der Waals surface area contributed by atoms with Gasteiger partial charge in [0.25, 0.3) is 0 Å². The van der Waals surface area contributed by atoms with Crippen molar-refractivity contribution in [1.82, 2.24) is 0 Å². The molecular formula is C10H14N2O2S. The molecule has 0 spiro atoms. The maximum absolute atomic E-state index is 11.8. The summed E-state index contributed by atoms with van der Waals surface area (Å²) in [5.74, 6) is 0. The first-order valence-corrected chi connectivity index (χ1v) is 6.29. The van der Waals surface area contributed by atoms with Gasteiger partial charge < -0.3 is 5.73 Å². The summed E-state index contributed by atoms with van der Waals surface area (Å²) in [5, 5.41) is 0. The fourth-order valence-corrected chi connectivity index (χ4v) is 2.65. The van der Waals surface area contributed by atoms with Gasteiger partial charge in [0, 0.05) is 5.69 Å². The average molecular weight is 226 g/mol. The topological polar surface area (TPSA) is 72.2 Å². The number of nitrogens with two attached hydrogens (primary N) is 1. The minimum atomic E-state index is -3.26. The summed E-state index contributed by atoms with van der Waals surface area (Å²) >= 11 is 0. The summed E-state index contributed by atoms with van der Waals surface area (Å²) in [6.07, 6.45) is 1.45. The molecule has 0 bridgehead atoms. The van der Waals surface area contributed by atoms with Crippen LogP contribution in [0, 0.1) is 0 Å². The van der Waals surface area contributed by atoms with Crippen LogP contribution in [0.25, 0.3) is 0 Å². The van der Waals surface area contributed by atoms with Crippen LogP contribution in [0.15, 0.2) is 24.3 Å². The van der Waals surface area contributed by atoms with E-state index in [0.717, 1.165) is 12.8 Å². The van der Waals surface area contributed by atoms with Crippen molar-refractivity contribution < 1.29 is 8.42 Å². The molecule has 4 nitrogen and oxygen atoms in total. The van der Waals surface area contributed by atoms with Crippen LogP contribution in [0.1, 0.15) is 19.8 Å². The average Bonchev–Trinajstić information content (AvgIpc) is 2.84. The third-order valence-corrected chi connectivity index (χ3v) is 4.95. The molecule has 0 unspecified atom stereocenters. The van der Waals surface area contributed by atoms with Gasteiger partial charge in [-0.15, -0.1) is 0 Å². The second-order valence-corrected chi connectivity index (χ2v) is 6.38. The minimum absolute atomic E-state index is 0.531. The van der Waals surface area contributed by atoms with E-state index in [1.54, 1.807) is 31.2 Å². The first-order chi connectivity index (χ1) is 6.93. The number of nitrogens with one attached hydrogen (secondary N) is 1. The molecule has 82 valence electrons. The number of benzene rings is 1. The molecule has 1 saturated carbocycles. The van der Waals surface area contributed by atoms with E-state index in [-0.39, 0.29) is 0 Å². The van der Waals surface area contributed by atoms with E-state index in [2.05, 4.69) is 4.72 Å². The predicted octanol–water partition coefficient (Wildman–Crippen LogP) is 1.56. The Morgan fingerprint density at radius 3 is 2.60 bits per heavy atom. The molecule has 1 aromatic carbocycles. The Labute approximate surface area is 89.5 Å². The first-order valence-electron chi connectivity index (χ1n) is 4.81. The quantitative estimate of drug-likeness (QED) is 0.768. The van der Waals surface area contributed by atoms with Crippen LogP contribution in [0.2, 0.25) is 0 Å². The molecule has 1 fully saturated rings. The molecule has 15 heavy (non-hydrogen) atoms. The van der Waals surface area contributed by atoms with Crippen LogP contribution >= 0.6 is 0 Å². The third-order valence-electron chi connectivity index (χ3n) is 2.74. The van der Waals surface area contributed by atoms with Crippen LogP contribution in [-0.2, 0) is 10.0 Å². The van der Waals surface area contributed by atoms with Crippen molar-refractivity contribution in [1.29, 1.82) is 0 Å². The Morgan fingerprint density at radius 2 is 2.07 bits per heavy atom. The normalized spacial score (nSPS) is 18.5. The van der Waals surface area contributed by atoms with E-state index in [0.29, 0.717) is 11.4 Å². The van der Waals surface area contributed by atoms with E-state index < -0.39 is 14.8 Å². The van der Waals surface area contributed by atoms with Gasteiger partial charge in [-0.05, 0) is 38.0 Å². The minimum Gasteiger partial charge on any atom is -0.399 e. The zero-order valence-electron chi connectivity index (χ0n) is 8.53. The van der Waals surface area contributed by atoms with Crippen LogP contribution < -0.4 is 10.5 Å². The van der Waals surface area contributed by atoms with Gasteiger partial charge in [0.2, 0.25) is 10.0 Å². The van der Waals surface area contributed by atoms with Gasteiger partial charge in [-0.2, -0.15) is 0 Å². The number of hydrogen-bond donors (Lipinski definition) is 2. The van der Waals surface area contributed by atoms with E-state index >= 15 is 0 Å². The molecule has 1 aliphatic rings. The summed E-state index contributed by atoms with van der Waals surface area (Å²) in [4.78, 5) is 0. The number of hydrogen-bond acceptors (Lipinski definition) is 3. The zero-order valence-corrected chi connectivity index (χ0v) is 9.34. The first kappa shape index (κ1) is 10.3. The Bertz CT molecular complexity index is 478. The maximum Gasteiger partial charge on any atom is 0.238 e. The molecule has 0 saturated heterocycles. The second-order valence-electron chi connectivity index (χ2n) is 4.18. The molecule has 0 atom stereocenters. The molecule has 1 aliphatic carbocycles. The Hall–Kier alpha value is -1.23. The van der Waals surface area contributed by atoms with Crippen molar-refractivity contribution >= 4 is 21.4 Å². The van der Waals surface area contributed by atoms with Crippen molar-refractivity contribution in [3.8, 4) is 0 Å². The van der Waals surface area contributed by atoms with Gasteiger partial charge >= 0.3 is 0 Å². The van der Waals surface area contributed by atoms with Gasteiger partial charge in [-0.1, -0.05) is 6.07 Å². The molecular weight excluding hydrogens is 212 g/mol. The van der Waals surface area contributed by atoms with E-state index in [1.807, 2.05) is 0 Å². The summed E-state index contributed by atoms with van der Waals surface area (Å²) in [6.45, 7) is 1.75. The van der Waals surface area contributed by atoms with Crippen molar-refractivity contribution in [3.63, 3.8) is 0 Å². The molecule has 3 N–H and O–H groups in total. The van der Waals surface area contributed by atoms with Crippen LogP contribution in [0.4, 0.5) is 11.4 Å². The highest BCUT2D eigenvalue weighted by Crippen LogP contribution is 2.43. The Balaban J connectivity index is 2.22. The van der Waals surface area contributed by atoms with Crippen molar-refractivity contribution in [2.24, 2.45) is 0 Å². The number of sulfonamides is 1. The maximum atomic E-state index is 11.8. The summed E-state index contributed by atoms with van der Waals surface area (Å²) in [6, 6.07) is 6.75. The highest BCUT2D eigenvalue weighted by Gasteiger charge is 2.50. The fraction of sp³-hybridized carbons (Fsp3) is 0.400. The van der Waals surface area contributed by atoms with Crippen LogP contribution in [0.5, 0.6) is 0 Å². The fourth-order valence-electron chi connectivity index (χ4n) is 1.33. The number of nitrogen functional groups attached to an aromatic ring is 1. The summed E-state index contributed by atoms with van der Waals surface area (Å²) < 4.78 is 25.7. The lowest BCUT2D eigenvalue weighted by Crippen LogP contribution is -2.26. The summed E-state index contributed by atoms with van der Waals surface area (Å²) in [7, 11) is -3.26. The molecule has 0 amide bonds. The zero-order chi connectivity index (χ0) is 11.1. The van der Waals surface area contributed by atoms with Gasteiger partial charge in [-0.3, -0.25) is 4.72 Å². The molecule has 2 rings (SSSR count). The molecule has 0 radical (unpaired) electrons.